The van der Waals surface area contributed by atoms with E-state index in [0.717, 1.165) is 41.2 Å². The van der Waals surface area contributed by atoms with Crippen LogP contribution in [0.2, 0.25) is 0 Å². The molecule has 1 N–H and O–H groups in total. The van der Waals surface area contributed by atoms with E-state index in [2.05, 4.69) is 46.5 Å². The molecule has 4 aromatic rings. The van der Waals surface area contributed by atoms with Crippen LogP contribution in [0.5, 0.6) is 5.75 Å². The van der Waals surface area contributed by atoms with Gasteiger partial charge in [-0.05, 0) is 41.8 Å². The Balaban J connectivity index is 0.000000806. The molecule has 0 fully saturated rings. The lowest BCUT2D eigenvalue weighted by Gasteiger charge is -2.08. The van der Waals surface area contributed by atoms with Crippen LogP contribution in [-0.2, 0) is 22.6 Å². The summed E-state index contributed by atoms with van der Waals surface area (Å²) in [5, 5.41) is 11.5. The second-order valence-corrected chi connectivity index (χ2v) is 6.43. The number of nitrogens with zero attached hydrogens (tertiary/aromatic N) is 3. The lowest BCUT2D eigenvalue weighted by molar-refractivity contribution is -0.122. The Labute approximate surface area is 174 Å². The van der Waals surface area contributed by atoms with Crippen LogP contribution in [0.3, 0.4) is 0 Å². The summed E-state index contributed by atoms with van der Waals surface area (Å²) in [5.41, 5.74) is 5.19. The third-order valence-electron chi connectivity index (χ3n) is 4.43. The first-order valence-electron chi connectivity index (χ1n) is 9.41. The Morgan fingerprint density at radius 2 is 1.70 bits per heavy atom. The molecule has 0 spiro atoms. The van der Waals surface area contributed by atoms with E-state index in [4.69, 9.17) is 19.4 Å². The number of methoxy groups -OCH3 is 1. The predicted molar refractivity (Wildman–Crippen MR) is 113 cm³/mol. The molecule has 0 aliphatic rings. The highest BCUT2D eigenvalue weighted by Crippen LogP contribution is 2.19. The molecular weight excluding hydrogens is 382 g/mol. The van der Waals surface area contributed by atoms with Crippen LogP contribution in [-0.4, -0.2) is 39.9 Å². The maximum absolute atomic E-state index is 8.36. The quantitative estimate of drug-likeness (QED) is 0.470. The number of fused-ring (bicyclic) bond motifs is 1. The summed E-state index contributed by atoms with van der Waals surface area (Å²) in [6.45, 7) is 1.01. The van der Waals surface area contributed by atoms with Gasteiger partial charge < -0.3 is 14.6 Å². The number of imidazole rings is 1. The fraction of sp³-hybridized carbons (Fsp3) is 0.174. The van der Waals surface area contributed by atoms with E-state index in [-0.39, 0.29) is 6.47 Å². The van der Waals surface area contributed by atoms with Gasteiger partial charge in [0, 0.05) is 25.1 Å². The second-order valence-electron chi connectivity index (χ2n) is 6.43. The molecule has 0 bridgehead atoms. The molecule has 4 rings (SSSR count). The summed E-state index contributed by atoms with van der Waals surface area (Å²) >= 11 is 0. The standard InChI is InChI=1S/C22H21N3O2.CH2O2/c1-26-15-12-17-4-8-20(9-5-17)27-16-18-2-6-19(7-3-18)21-10-11-22-23-13-14-25(22)24-21;2-1-3/h2-11,13-14H,12,15-16H2,1H3;1H,(H,2,3). The molecule has 0 atom stereocenters. The monoisotopic (exact) mass is 405 g/mol. The van der Waals surface area contributed by atoms with Gasteiger partial charge in [0.25, 0.3) is 6.47 Å². The Morgan fingerprint density at radius 3 is 2.40 bits per heavy atom. The van der Waals surface area contributed by atoms with Gasteiger partial charge in [-0.1, -0.05) is 36.4 Å². The normalized spacial score (nSPS) is 10.3. The van der Waals surface area contributed by atoms with E-state index >= 15 is 0 Å². The van der Waals surface area contributed by atoms with Gasteiger partial charge in [-0.15, -0.1) is 0 Å². The number of ether oxygens (including phenoxy) is 2. The van der Waals surface area contributed by atoms with Gasteiger partial charge in [0.1, 0.15) is 12.4 Å². The maximum atomic E-state index is 8.36. The summed E-state index contributed by atoms with van der Waals surface area (Å²) in [7, 11) is 1.72. The van der Waals surface area contributed by atoms with Crippen molar-refractivity contribution >= 4 is 12.1 Å². The number of carboxylic acid groups (broad SMARTS) is 1. The predicted octanol–water partition coefficient (Wildman–Crippen LogP) is 3.87. The van der Waals surface area contributed by atoms with Crippen LogP contribution in [0, 0.1) is 0 Å². The van der Waals surface area contributed by atoms with Crippen molar-refractivity contribution in [2.75, 3.05) is 13.7 Å². The summed E-state index contributed by atoms with van der Waals surface area (Å²) < 4.78 is 12.8. The smallest absolute Gasteiger partial charge is 0.290 e. The number of carbonyl (C=O) groups is 1. The van der Waals surface area contributed by atoms with Crippen LogP contribution in [0.4, 0.5) is 0 Å². The second kappa shape index (κ2) is 10.7. The van der Waals surface area contributed by atoms with E-state index in [1.807, 2.05) is 30.5 Å². The molecule has 0 unspecified atom stereocenters. The van der Waals surface area contributed by atoms with E-state index < -0.39 is 0 Å². The number of benzene rings is 2. The van der Waals surface area contributed by atoms with Gasteiger partial charge in [0.2, 0.25) is 0 Å². The number of hydrogen-bond donors (Lipinski definition) is 1. The number of rotatable bonds is 7. The van der Waals surface area contributed by atoms with Gasteiger partial charge in [-0.25, -0.2) is 9.50 Å². The first kappa shape index (κ1) is 21.0. The highest BCUT2D eigenvalue weighted by Gasteiger charge is 2.03. The summed E-state index contributed by atoms with van der Waals surface area (Å²) in [5.74, 6) is 0.868. The van der Waals surface area contributed by atoms with Gasteiger partial charge in [0.15, 0.2) is 5.65 Å². The molecule has 0 radical (unpaired) electrons. The largest absolute Gasteiger partial charge is 0.489 e. The SMILES string of the molecule is COCCc1ccc(OCc2ccc(-c3ccc4nccn4n3)cc2)cc1.O=CO. The van der Waals surface area contributed by atoms with Crippen LogP contribution in [0.15, 0.2) is 73.1 Å². The molecule has 0 aliphatic heterocycles. The number of hydrogen-bond acceptors (Lipinski definition) is 5. The molecule has 0 saturated carbocycles. The van der Waals surface area contributed by atoms with Crippen molar-refractivity contribution in [2.24, 2.45) is 0 Å². The van der Waals surface area contributed by atoms with E-state index in [1.54, 1.807) is 17.8 Å². The van der Waals surface area contributed by atoms with Crippen LogP contribution in [0.25, 0.3) is 16.9 Å². The van der Waals surface area contributed by atoms with E-state index in [0.29, 0.717) is 6.61 Å². The molecule has 2 aromatic carbocycles. The van der Waals surface area contributed by atoms with Crippen molar-refractivity contribution in [3.63, 3.8) is 0 Å². The topological polar surface area (TPSA) is 86.0 Å². The minimum Gasteiger partial charge on any atom is -0.489 e. The zero-order chi connectivity index (χ0) is 21.2. The van der Waals surface area contributed by atoms with Crippen molar-refractivity contribution < 1.29 is 19.4 Å². The summed E-state index contributed by atoms with van der Waals surface area (Å²) in [4.78, 5) is 12.6. The molecule has 154 valence electrons. The molecular formula is C23H23N3O4. The van der Waals surface area contributed by atoms with Crippen molar-refractivity contribution in [3.8, 4) is 17.0 Å². The fourth-order valence-electron chi connectivity index (χ4n) is 2.88. The molecule has 0 aliphatic carbocycles. The molecule has 0 saturated heterocycles. The van der Waals surface area contributed by atoms with Crippen molar-refractivity contribution in [2.45, 2.75) is 13.0 Å². The molecule has 7 nitrogen and oxygen atoms in total. The van der Waals surface area contributed by atoms with Crippen LogP contribution >= 0.6 is 0 Å². The molecule has 2 heterocycles. The van der Waals surface area contributed by atoms with Gasteiger partial charge in [0.05, 0.1) is 12.3 Å². The number of aromatic nitrogens is 3. The first-order valence-corrected chi connectivity index (χ1v) is 9.41. The Bertz CT molecular complexity index is 1060. The first-order chi connectivity index (χ1) is 14.7. The van der Waals surface area contributed by atoms with Crippen molar-refractivity contribution in [1.29, 1.82) is 0 Å². The highest BCUT2D eigenvalue weighted by atomic mass is 16.5. The molecule has 30 heavy (non-hydrogen) atoms. The van der Waals surface area contributed by atoms with Gasteiger partial charge in [-0.3, -0.25) is 4.79 Å². The van der Waals surface area contributed by atoms with Crippen molar-refractivity contribution in [3.05, 3.63) is 84.2 Å². The third kappa shape index (κ3) is 5.65. The molecule has 7 heteroatoms. The maximum Gasteiger partial charge on any atom is 0.290 e. The molecule has 0 amide bonds. The average molecular weight is 405 g/mol. The Kier molecular flexibility index (Phi) is 7.51. The van der Waals surface area contributed by atoms with Crippen LogP contribution < -0.4 is 4.74 Å². The lowest BCUT2D eigenvalue weighted by Crippen LogP contribution is -1.97. The third-order valence-corrected chi connectivity index (χ3v) is 4.43. The van der Waals surface area contributed by atoms with Gasteiger partial charge >= 0.3 is 0 Å². The van der Waals surface area contributed by atoms with Gasteiger partial charge in [-0.2, -0.15) is 5.10 Å². The van der Waals surface area contributed by atoms with Crippen LogP contribution in [0.1, 0.15) is 11.1 Å². The minimum absolute atomic E-state index is 0.250. The highest BCUT2D eigenvalue weighted by molar-refractivity contribution is 5.60. The molecule has 2 aromatic heterocycles. The zero-order valence-electron chi connectivity index (χ0n) is 16.6. The van der Waals surface area contributed by atoms with E-state index in [1.165, 1.54) is 5.56 Å². The Morgan fingerprint density at radius 1 is 1.00 bits per heavy atom. The Hall–Kier alpha value is -3.71. The fourth-order valence-corrected chi connectivity index (χ4v) is 2.88. The lowest BCUT2D eigenvalue weighted by atomic mass is 10.1. The summed E-state index contributed by atoms with van der Waals surface area (Å²) in [6, 6.07) is 20.4. The van der Waals surface area contributed by atoms with E-state index in [9.17, 15) is 0 Å². The zero-order valence-corrected chi connectivity index (χ0v) is 16.6. The minimum atomic E-state index is -0.250. The van der Waals surface area contributed by atoms with Crippen molar-refractivity contribution in [1.82, 2.24) is 14.6 Å². The summed E-state index contributed by atoms with van der Waals surface area (Å²) in [6.07, 6.45) is 4.51. The average Bonchev–Trinajstić information content (AvgIpc) is 3.26.